The molecular weight excluding hydrogens is 222 g/mol. The van der Waals surface area contributed by atoms with E-state index >= 15 is 0 Å². The van der Waals surface area contributed by atoms with Gasteiger partial charge in [-0.05, 0) is 24.4 Å². The first-order valence-electron chi connectivity index (χ1n) is 7.24. The summed E-state index contributed by atoms with van der Waals surface area (Å²) in [5, 5.41) is 3.61. The topological polar surface area (TPSA) is 21.3 Å². The molecule has 1 aliphatic rings. The summed E-state index contributed by atoms with van der Waals surface area (Å²) in [7, 11) is 0. The quantitative estimate of drug-likeness (QED) is 0.827. The summed E-state index contributed by atoms with van der Waals surface area (Å²) in [4.78, 5) is 0. The minimum Gasteiger partial charge on any atom is -0.493 e. The van der Waals surface area contributed by atoms with Gasteiger partial charge in [-0.1, -0.05) is 45.4 Å². The highest BCUT2D eigenvalue weighted by Crippen LogP contribution is 2.36. The van der Waals surface area contributed by atoms with E-state index in [2.05, 4.69) is 44.3 Å². The maximum absolute atomic E-state index is 5.83. The molecule has 1 aromatic carbocycles. The molecule has 0 saturated heterocycles. The summed E-state index contributed by atoms with van der Waals surface area (Å²) in [6.45, 7) is 8.61. The molecule has 2 rings (SSSR count). The van der Waals surface area contributed by atoms with Crippen LogP contribution in [-0.2, 0) is 6.42 Å². The monoisotopic (exact) mass is 247 g/mol. The third-order valence-corrected chi connectivity index (χ3v) is 3.91. The lowest BCUT2D eigenvalue weighted by Crippen LogP contribution is -2.23. The Hall–Kier alpha value is -1.02. The first-order chi connectivity index (χ1) is 8.76. The fraction of sp³-hybridized carbons (Fsp3) is 0.625. The van der Waals surface area contributed by atoms with Crippen LogP contribution in [0.15, 0.2) is 18.2 Å². The average molecular weight is 247 g/mol. The van der Waals surface area contributed by atoms with Crippen LogP contribution in [0.5, 0.6) is 5.75 Å². The van der Waals surface area contributed by atoms with Gasteiger partial charge in [-0.15, -0.1) is 0 Å². The highest BCUT2D eigenvalue weighted by molar-refractivity contribution is 5.45. The predicted octanol–water partition coefficient (Wildman–Crippen LogP) is 3.71. The summed E-state index contributed by atoms with van der Waals surface area (Å²) in [5.74, 6) is 1.89. The van der Waals surface area contributed by atoms with Crippen LogP contribution in [0.1, 0.15) is 50.8 Å². The summed E-state index contributed by atoms with van der Waals surface area (Å²) < 4.78 is 5.83. The SMILES string of the molecule is CCNC(CC(C)CC)c1cccc2c1OCC2. The number of benzene rings is 1. The first-order valence-corrected chi connectivity index (χ1v) is 7.24. The number of nitrogens with one attached hydrogen (secondary N) is 1. The van der Waals surface area contributed by atoms with E-state index in [4.69, 9.17) is 4.74 Å². The van der Waals surface area contributed by atoms with E-state index in [0.29, 0.717) is 6.04 Å². The third-order valence-electron chi connectivity index (χ3n) is 3.91. The molecule has 0 radical (unpaired) electrons. The van der Waals surface area contributed by atoms with Gasteiger partial charge in [-0.3, -0.25) is 0 Å². The van der Waals surface area contributed by atoms with Crippen molar-refractivity contribution in [2.24, 2.45) is 5.92 Å². The molecule has 2 atom stereocenters. The molecule has 2 nitrogen and oxygen atoms in total. The molecule has 0 fully saturated rings. The van der Waals surface area contributed by atoms with E-state index in [1.54, 1.807) is 0 Å². The third kappa shape index (κ3) is 2.86. The van der Waals surface area contributed by atoms with Gasteiger partial charge >= 0.3 is 0 Å². The van der Waals surface area contributed by atoms with Gasteiger partial charge in [0.2, 0.25) is 0 Å². The van der Waals surface area contributed by atoms with Crippen molar-refractivity contribution in [2.45, 2.75) is 46.1 Å². The molecule has 100 valence electrons. The minimum atomic E-state index is 0.429. The lowest BCUT2D eigenvalue weighted by molar-refractivity contribution is 0.340. The number of rotatable bonds is 6. The number of ether oxygens (including phenoxy) is 1. The molecule has 18 heavy (non-hydrogen) atoms. The van der Waals surface area contributed by atoms with Crippen LogP contribution < -0.4 is 10.1 Å². The molecule has 2 heteroatoms. The zero-order valence-corrected chi connectivity index (χ0v) is 11.8. The van der Waals surface area contributed by atoms with Gasteiger partial charge in [0.25, 0.3) is 0 Å². The van der Waals surface area contributed by atoms with Crippen LogP contribution in [0, 0.1) is 5.92 Å². The van der Waals surface area contributed by atoms with Crippen LogP contribution in [0.2, 0.25) is 0 Å². The van der Waals surface area contributed by atoms with Crippen LogP contribution in [0.3, 0.4) is 0 Å². The molecule has 1 N–H and O–H groups in total. The van der Waals surface area contributed by atoms with Crippen molar-refractivity contribution in [3.63, 3.8) is 0 Å². The van der Waals surface area contributed by atoms with E-state index in [-0.39, 0.29) is 0 Å². The molecular formula is C16H25NO. The van der Waals surface area contributed by atoms with E-state index in [0.717, 1.165) is 31.2 Å². The molecule has 0 spiro atoms. The van der Waals surface area contributed by atoms with Gasteiger partial charge in [-0.25, -0.2) is 0 Å². The normalized spacial score (nSPS) is 17.1. The number of hydrogen-bond donors (Lipinski definition) is 1. The lowest BCUT2D eigenvalue weighted by Gasteiger charge is -2.23. The summed E-state index contributed by atoms with van der Waals surface area (Å²) in [6.07, 6.45) is 3.48. The first kappa shape index (κ1) is 13.4. The smallest absolute Gasteiger partial charge is 0.127 e. The molecule has 0 aliphatic carbocycles. The van der Waals surface area contributed by atoms with E-state index in [9.17, 15) is 0 Å². The Balaban J connectivity index is 2.22. The van der Waals surface area contributed by atoms with Crippen molar-refractivity contribution >= 4 is 0 Å². The molecule has 1 aliphatic heterocycles. The van der Waals surface area contributed by atoms with Crippen molar-refractivity contribution in [2.75, 3.05) is 13.2 Å². The zero-order chi connectivity index (χ0) is 13.0. The summed E-state index contributed by atoms with van der Waals surface area (Å²) in [6, 6.07) is 7.01. The van der Waals surface area contributed by atoms with Crippen molar-refractivity contribution in [1.29, 1.82) is 0 Å². The van der Waals surface area contributed by atoms with Crippen LogP contribution in [0.4, 0.5) is 0 Å². The van der Waals surface area contributed by atoms with Gasteiger partial charge in [0.05, 0.1) is 6.61 Å². The van der Waals surface area contributed by atoms with Crippen molar-refractivity contribution in [3.05, 3.63) is 29.3 Å². The molecule has 1 heterocycles. The van der Waals surface area contributed by atoms with Crippen LogP contribution >= 0.6 is 0 Å². The Labute approximate surface area is 111 Å². The Morgan fingerprint density at radius 2 is 2.17 bits per heavy atom. The van der Waals surface area contributed by atoms with Gasteiger partial charge < -0.3 is 10.1 Å². The lowest BCUT2D eigenvalue weighted by atomic mass is 9.92. The minimum absolute atomic E-state index is 0.429. The Morgan fingerprint density at radius 3 is 2.89 bits per heavy atom. The van der Waals surface area contributed by atoms with E-state index < -0.39 is 0 Å². The van der Waals surface area contributed by atoms with Gasteiger partial charge in [0.15, 0.2) is 0 Å². The largest absolute Gasteiger partial charge is 0.493 e. The van der Waals surface area contributed by atoms with Gasteiger partial charge in [0.1, 0.15) is 5.75 Å². The second kappa shape index (κ2) is 6.24. The fourth-order valence-electron chi connectivity index (χ4n) is 2.65. The molecule has 2 unspecified atom stereocenters. The molecule has 0 bridgehead atoms. The second-order valence-corrected chi connectivity index (χ2v) is 5.29. The average Bonchev–Trinajstić information content (AvgIpc) is 2.86. The van der Waals surface area contributed by atoms with Crippen molar-refractivity contribution in [3.8, 4) is 5.75 Å². The number of hydrogen-bond acceptors (Lipinski definition) is 2. The number of fused-ring (bicyclic) bond motifs is 1. The zero-order valence-electron chi connectivity index (χ0n) is 11.8. The molecule has 0 saturated carbocycles. The highest BCUT2D eigenvalue weighted by atomic mass is 16.5. The van der Waals surface area contributed by atoms with Gasteiger partial charge in [0, 0.05) is 18.0 Å². The highest BCUT2D eigenvalue weighted by Gasteiger charge is 2.22. The Kier molecular flexibility index (Phi) is 4.65. The van der Waals surface area contributed by atoms with Crippen LogP contribution in [0.25, 0.3) is 0 Å². The standard InChI is InChI=1S/C16H25NO/c1-4-12(3)11-15(17-5-2)14-8-6-7-13-9-10-18-16(13)14/h6-8,12,15,17H,4-5,9-11H2,1-3H3. The number of para-hydroxylation sites is 1. The van der Waals surface area contributed by atoms with Gasteiger partial charge in [-0.2, -0.15) is 0 Å². The van der Waals surface area contributed by atoms with E-state index in [1.165, 1.54) is 24.0 Å². The predicted molar refractivity (Wildman–Crippen MR) is 76.1 cm³/mol. The Morgan fingerprint density at radius 1 is 1.33 bits per heavy atom. The summed E-state index contributed by atoms with van der Waals surface area (Å²) in [5.41, 5.74) is 2.73. The van der Waals surface area contributed by atoms with Crippen LogP contribution in [-0.4, -0.2) is 13.2 Å². The Bertz CT molecular complexity index is 389. The maximum Gasteiger partial charge on any atom is 0.127 e. The second-order valence-electron chi connectivity index (χ2n) is 5.29. The molecule has 0 amide bonds. The maximum atomic E-state index is 5.83. The summed E-state index contributed by atoms with van der Waals surface area (Å²) >= 11 is 0. The molecule has 0 aromatic heterocycles. The van der Waals surface area contributed by atoms with Crippen molar-refractivity contribution in [1.82, 2.24) is 5.32 Å². The molecule has 1 aromatic rings. The fourth-order valence-corrected chi connectivity index (χ4v) is 2.65. The van der Waals surface area contributed by atoms with Crippen molar-refractivity contribution < 1.29 is 4.74 Å². The van der Waals surface area contributed by atoms with E-state index in [1.807, 2.05) is 0 Å².